The molecule has 2 aromatic rings. The lowest BCUT2D eigenvalue weighted by Crippen LogP contribution is -2.46. The van der Waals surface area contributed by atoms with Crippen molar-refractivity contribution < 1.29 is 9.32 Å². The highest BCUT2D eigenvalue weighted by molar-refractivity contribution is 5.96. The van der Waals surface area contributed by atoms with Gasteiger partial charge in [0.25, 0.3) is 5.91 Å². The minimum absolute atomic E-state index is 0.0127. The van der Waals surface area contributed by atoms with Gasteiger partial charge in [0.2, 0.25) is 0 Å². The molecule has 2 aromatic heterocycles. The van der Waals surface area contributed by atoms with E-state index in [4.69, 9.17) is 4.52 Å². The first-order valence-corrected chi connectivity index (χ1v) is 8.88. The Bertz CT molecular complexity index is 718. The molecule has 0 saturated carbocycles. The first-order chi connectivity index (χ1) is 12.0. The van der Waals surface area contributed by atoms with Crippen LogP contribution in [0.3, 0.4) is 0 Å². The molecule has 134 valence electrons. The maximum atomic E-state index is 13.0. The summed E-state index contributed by atoms with van der Waals surface area (Å²) in [6.45, 7) is 7.67. The van der Waals surface area contributed by atoms with Crippen LogP contribution in [0.25, 0.3) is 0 Å². The van der Waals surface area contributed by atoms with E-state index in [2.05, 4.69) is 15.0 Å². The number of carbonyl (C=O) groups excluding carboxylic acids is 1. The Balaban J connectivity index is 1.68. The topological polar surface area (TPSA) is 62.5 Å². The molecule has 1 amide bonds. The molecule has 6 heteroatoms. The summed E-state index contributed by atoms with van der Waals surface area (Å²) in [5.74, 6) is 1.84. The number of amides is 1. The monoisotopic (exact) mass is 342 g/mol. The molecule has 1 fully saturated rings. The number of piperidine rings is 1. The second-order valence-corrected chi connectivity index (χ2v) is 6.98. The Hall–Kier alpha value is -2.37. The van der Waals surface area contributed by atoms with Gasteiger partial charge in [-0.15, -0.1) is 0 Å². The molecule has 25 heavy (non-hydrogen) atoms. The molecule has 3 heterocycles. The van der Waals surface area contributed by atoms with Crippen molar-refractivity contribution in [3.05, 3.63) is 41.4 Å². The number of anilines is 1. The zero-order valence-electron chi connectivity index (χ0n) is 15.4. The fourth-order valence-corrected chi connectivity index (χ4v) is 3.41. The van der Waals surface area contributed by atoms with Crippen LogP contribution in [0.2, 0.25) is 0 Å². The molecule has 1 aliphatic rings. The van der Waals surface area contributed by atoms with E-state index in [-0.39, 0.29) is 17.9 Å². The van der Waals surface area contributed by atoms with Crippen LogP contribution < -0.4 is 4.90 Å². The quantitative estimate of drug-likeness (QED) is 0.853. The normalized spacial score (nSPS) is 15.6. The van der Waals surface area contributed by atoms with Crippen LogP contribution in [0.1, 0.15) is 54.4 Å². The van der Waals surface area contributed by atoms with Gasteiger partial charge in [-0.3, -0.25) is 4.79 Å². The van der Waals surface area contributed by atoms with E-state index in [1.165, 1.54) is 0 Å². The van der Waals surface area contributed by atoms with Crippen LogP contribution in [-0.4, -0.2) is 47.1 Å². The highest BCUT2D eigenvalue weighted by atomic mass is 16.5. The third-order valence-electron chi connectivity index (χ3n) is 4.93. The zero-order valence-corrected chi connectivity index (χ0v) is 15.4. The standard InChI is InChI=1S/C19H26N4O2/c1-13(2)18-17(14(3)21-25-18)19(24)22(4)15-8-11-23(12-9-15)16-7-5-6-10-20-16/h5-7,10,13,15H,8-9,11-12H2,1-4H3. The molecule has 0 spiro atoms. The van der Waals surface area contributed by atoms with Gasteiger partial charge in [-0.1, -0.05) is 25.1 Å². The van der Waals surface area contributed by atoms with Crippen LogP contribution >= 0.6 is 0 Å². The third kappa shape index (κ3) is 3.52. The average Bonchev–Trinajstić information content (AvgIpc) is 3.03. The number of aryl methyl sites for hydroxylation is 1. The third-order valence-corrected chi connectivity index (χ3v) is 4.93. The second-order valence-electron chi connectivity index (χ2n) is 6.98. The summed E-state index contributed by atoms with van der Waals surface area (Å²) in [7, 11) is 1.89. The molecule has 0 aromatic carbocycles. The van der Waals surface area contributed by atoms with E-state index in [1.54, 1.807) is 0 Å². The van der Waals surface area contributed by atoms with Crippen molar-refractivity contribution in [2.45, 2.75) is 45.6 Å². The molecule has 0 bridgehead atoms. The highest BCUT2D eigenvalue weighted by Gasteiger charge is 2.30. The lowest BCUT2D eigenvalue weighted by Gasteiger charge is -2.37. The number of nitrogens with zero attached hydrogens (tertiary/aromatic N) is 4. The maximum absolute atomic E-state index is 13.0. The molecular formula is C19H26N4O2. The number of hydrogen-bond donors (Lipinski definition) is 0. The number of rotatable bonds is 4. The van der Waals surface area contributed by atoms with Crippen molar-refractivity contribution in [2.24, 2.45) is 0 Å². The summed E-state index contributed by atoms with van der Waals surface area (Å²) < 4.78 is 5.38. The smallest absolute Gasteiger partial charge is 0.259 e. The van der Waals surface area contributed by atoms with Crippen molar-refractivity contribution >= 4 is 11.7 Å². The Morgan fingerprint density at radius 2 is 2.04 bits per heavy atom. The van der Waals surface area contributed by atoms with Crippen molar-refractivity contribution in [1.29, 1.82) is 0 Å². The van der Waals surface area contributed by atoms with Gasteiger partial charge in [0.15, 0.2) is 5.76 Å². The molecule has 1 saturated heterocycles. The molecule has 1 aliphatic heterocycles. The zero-order chi connectivity index (χ0) is 18.0. The molecular weight excluding hydrogens is 316 g/mol. The van der Waals surface area contributed by atoms with Gasteiger partial charge in [-0.05, 0) is 31.9 Å². The number of hydrogen-bond acceptors (Lipinski definition) is 5. The minimum atomic E-state index is 0.0127. The maximum Gasteiger partial charge on any atom is 0.259 e. The first kappa shape index (κ1) is 17.5. The first-order valence-electron chi connectivity index (χ1n) is 8.88. The molecule has 6 nitrogen and oxygen atoms in total. The summed E-state index contributed by atoms with van der Waals surface area (Å²) >= 11 is 0. The molecule has 0 N–H and O–H groups in total. The molecule has 3 rings (SSSR count). The van der Waals surface area contributed by atoms with Gasteiger partial charge in [-0.25, -0.2) is 4.98 Å². The summed E-state index contributed by atoms with van der Waals surface area (Å²) in [4.78, 5) is 21.6. The van der Waals surface area contributed by atoms with E-state index in [1.807, 2.05) is 57.1 Å². The van der Waals surface area contributed by atoms with Crippen molar-refractivity contribution in [2.75, 3.05) is 25.0 Å². The van der Waals surface area contributed by atoms with E-state index >= 15 is 0 Å². The van der Waals surface area contributed by atoms with Gasteiger partial charge in [-0.2, -0.15) is 0 Å². The minimum Gasteiger partial charge on any atom is -0.360 e. The lowest BCUT2D eigenvalue weighted by atomic mass is 10.00. The number of pyridine rings is 1. The van der Waals surface area contributed by atoms with Gasteiger partial charge in [0.1, 0.15) is 11.4 Å². The van der Waals surface area contributed by atoms with Crippen LogP contribution in [0, 0.1) is 6.92 Å². The summed E-state index contributed by atoms with van der Waals surface area (Å²) in [6, 6.07) is 6.19. The Morgan fingerprint density at radius 1 is 1.32 bits per heavy atom. The van der Waals surface area contributed by atoms with Gasteiger partial charge < -0.3 is 14.3 Å². The lowest BCUT2D eigenvalue weighted by molar-refractivity contribution is 0.0705. The number of carbonyl (C=O) groups is 1. The summed E-state index contributed by atoms with van der Waals surface area (Å²) in [5, 5.41) is 4.00. The van der Waals surface area contributed by atoms with Crippen molar-refractivity contribution in [3.63, 3.8) is 0 Å². The Kier molecular flexibility index (Phi) is 5.06. The largest absolute Gasteiger partial charge is 0.360 e. The fraction of sp³-hybridized carbons (Fsp3) is 0.526. The second kappa shape index (κ2) is 7.25. The fourth-order valence-electron chi connectivity index (χ4n) is 3.41. The van der Waals surface area contributed by atoms with Gasteiger partial charge in [0, 0.05) is 38.3 Å². The predicted molar refractivity (Wildman–Crippen MR) is 96.9 cm³/mol. The SMILES string of the molecule is Cc1noc(C(C)C)c1C(=O)N(C)C1CCN(c2ccccn2)CC1. The predicted octanol–water partition coefficient (Wildman–Crippen LogP) is 3.24. The van der Waals surface area contributed by atoms with Crippen LogP contribution in [0.15, 0.2) is 28.9 Å². The Morgan fingerprint density at radius 3 is 2.64 bits per heavy atom. The molecule has 0 radical (unpaired) electrons. The average molecular weight is 342 g/mol. The summed E-state index contributed by atoms with van der Waals surface area (Å²) in [5.41, 5.74) is 1.30. The van der Waals surface area contributed by atoms with Crippen LogP contribution in [0.5, 0.6) is 0 Å². The van der Waals surface area contributed by atoms with Crippen LogP contribution in [0.4, 0.5) is 5.82 Å². The highest BCUT2D eigenvalue weighted by Crippen LogP contribution is 2.26. The molecule has 0 unspecified atom stereocenters. The Labute approximate surface area is 148 Å². The van der Waals surface area contributed by atoms with Crippen molar-refractivity contribution in [1.82, 2.24) is 15.0 Å². The van der Waals surface area contributed by atoms with Gasteiger partial charge >= 0.3 is 0 Å². The molecule has 0 atom stereocenters. The molecule has 0 aliphatic carbocycles. The number of aromatic nitrogens is 2. The van der Waals surface area contributed by atoms with Crippen molar-refractivity contribution in [3.8, 4) is 0 Å². The van der Waals surface area contributed by atoms with E-state index in [9.17, 15) is 4.79 Å². The van der Waals surface area contributed by atoms with E-state index in [0.29, 0.717) is 17.0 Å². The van der Waals surface area contributed by atoms with E-state index in [0.717, 1.165) is 31.7 Å². The van der Waals surface area contributed by atoms with E-state index < -0.39 is 0 Å². The van der Waals surface area contributed by atoms with Crippen LogP contribution in [-0.2, 0) is 0 Å². The van der Waals surface area contributed by atoms with Gasteiger partial charge in [0.05, 0.1) is 5.69 Å². The summed E-state index contributed by atoms with van der Waals surface area (Å²) in [6.07, 6.45) is 3.68.